The van der Waals surface area contributed by atoms with Crippen molar-refractivity contribution in [2.45, 2.75) is 31.2 Å². The summed E-state index contributed by atoms with van der Waals surface area (Å²) in [5.74, 6) is -1.07. The zero-order chi connectivity index (χ0) is 15.0. The zero-order valence-corrected chi connectivity index (χ0v) is 13.1. The Morgan fingerprint density at radius 2 is 1.81 bits per heavy atom. The molecule has 0 saturated heterocycles. The van der Waals surface area contributed by atoms with E-state index in [1.165, 1.54) is 23.3 Å². The second kappa shape index (κ2) is 5.50. The van der Waals surface area contributed by atoms with Gasteiger partial charge in [0.1, 0.15) is 11.6 Å². The van der Waals surface area contributed by atoms with Crippen LogP contribution in [0.2, 0.25) is 0 Å². The first-order valence-electron chi connectivity index (χ1n) is 6.96. The van der Waals surface area contributed by atoms with Crippen molar-refractivity contribution in [2.75, 3.05) is 0 Å². The minimum absolute atomic E-state index is 0.0752. The van der Waals surface area contributed by atoms with Gasteiger partial charge < -0.3 is 5.73 Å². The van der Waals surface area contributed by atoms with Gasteiger partial charge in [-0.15, -0.1) is 0 Å². The Balaban J connectivity index is 1.91. The van der Waals surface area contributed by atoms with Crippen LogP contribution in [0.25, 0.3) is 0 Å². The van der Waals surface area contributed by atoms with E-state index in [0.29, 0.717) is 6.42 Å². The number of rotatable bonds is 2. The molecular weight excluding hydrogens is 336 g/mol. The van der Waals surface area contributed by atoms with Crippen LogP contribution in [0.15, 0.2) is 40.9 Å². The lowest BCUT2D eigenvalue weighted by atomic mass is 9.75. The van der Waals surface area contributed by atoms with Crippen LogP contribution < -0.4 is 5.73 Å². The van der Waals surface area contributed by atoms with E-state index in [1.54, 1.807) is 0 Å². The zero-order valence-electron chi connectivity index (χ0n) is 11.5. The molecule has 0 amide bonds. The molecule has 21 heavy (non-hydrogen) atoms. The summed E-state index contributed by atoms with van der Waals surface area (Å²) in [7, 11) is 0. The van der Waals surface area contributed by atoms with E-state index < -0.39 is 17.2 Å². The predicted molar refractivity (Wildman–Crippen MR) is 83.1 cm³/mol. The van der Waals surface area contributed by atoms with Crippen LogP contribution >= 0.6 is 15.9 Å². The third-order valence-corrected chi connectivity index (χ3v) is 4.83. The lowest BCUT2D eigenvalue weighted by Gasteiger charge is -2.35. The van der Waals surface area contributed by atoms with Crippen molar-refractivity contribution in [3.8, 4) is 0 Å². The van der Waals surface area contributed by atoms with Crippen molar-refractivity contribution in [1.29, 1.82) is 0 Å². The number of hydrogen-bond acceptors (Lipinski definition) is 1. The van der Waals surface area contributed by atoms with Crippen molar-refractivity contribution in [3.05, 3.63) is 69.2 Å². The maximum atomic E-state index is 14.1. The molecule has 2 aromatic carbocycles. The molecule has 110 valence electrons. The molecular formula is C17H16BrF2N. The van der Waals surface area contributed by atoms with Crippen LogP contribution in [-0.4, -0.2) is 5.54 Å². The maximum Gasteiger partial charge on any atom is 0.143 e. The van der Waals surface area contributed by atoms with E-state index in [0.717, 1.165) is 12.8 Å². The van der Waals surface area contributed by atoms with Gasteiger partial charge in [0.2, 0.25) is 0 Å². The summed E-state index contributed by atoms with van der Waals surface area (Å²) in [6.07, 6.45) is 2.44. The van der Waals surface area contributed by atoms with Crippen molar-refractivity contribution in [1.82, 2.24) is 0 Å². The van der Waals surface area contributed by atoms with Crippen molar-refractivity contribution in [2.24, 2.45) is 5.73 Å². The molecule has 4 heteroatoms. The van der Waals surface area contributed by atoms with E-state index in [4.69, 9.17) is 5.73 Å². The third-order valence-electron chi connectivity index (χ3n) is 4.22. The fourth-order valence-corrected chi connectivity index (χ4v) is 3.43. The first-order chi connectivity index (χ1) is 9.98. The normalized spacial score (nSPS) is 21.1. The summed E-state index contributed by atoms with van der Waals surface area (Å²) >= 11 is 3.11. The fraction of sp³-hybridized carbons (Fsp3) is 0.294. The highest BCUT2D eigenvalue weighted by Gasteiger charge is 2.32. The van der Waals surface area contributed by atoms with Crippen LogP contribution in [0.3, 0.4) is 0 Å². The monoisotopic (exact) mass is 351 g/mol. The Labute approximate surface area is 131 Å². The van der Waals surface area contributed by atoms with Crippen LogP contribution in [0, 0.1) is 11.6 Å². The number of fused-ring (bicyclic) bond motifs is 1. The molecule has 1 nitrogen and oxygen atoms in total. The molecule has 2 aromatic rings. The molecule has 1 aliphatic rings. The molecule has 1 atom stereocenters. The van der Waals surface area contributed by atoms with Gasteiger partial charge in [0.25, 0.3) is 0 Å². The molecule has 0 spiro atoms. The number of benzene rings is 2. The lowest BCUT2D eigenvalue weighted by molar-refractivity contribution is 0.357. The largest absolute Gasteiger partial charge is 0.324 e. The number of hydrogen-bond donors (Lipinski definition) is 1. The maximum absolute atomic E-state index is 14.1. The van der Waals surface area contributed by atoms with Gasteiger partial charge in [-0.3, -0.25) is 0 Å². The van der Waals surface area contributed by atoms with Crippen LogP contribution in [0.1, 0.15) is 23.1 Å². The SMILES string of the molecule is NC1(Cc2c(F)ccc(Br)c2F)CCc2ccccc2C1. The minimum atomic E-state index is -0.600. The van der Waals surface area contributed by atoms with Crippen LogP contribution in [-0.2, 0) is 19.3 Å². The van der Waals surface area contributed by atoms with Gasteiger partial charge in [-0.1, -0.05) is 24.3 Å². The molecule has 0 aliphatic heterocycles. The summed E-state index contributed by atoms with van der Waals surface area (Å²) in [5.41, 5.74) is 8.39. The summed E-state index contributed by atoms with van der Waals surface area (Å²) in [4.78, 5) is 0. The lowest BCUT2D eigenvalue weighted by Crippen LogP contribution is -2.47. The van der Waals surface area contributed by atoms with E-state index in [2.05, 4.69) is 22.0 Å². The highest BCUT2D eigenvalue weighted by atomic mass is 79.9. The number of halogens is 3. The van der Waals surface area contributed by atoms with Gasteiger partial charge in [0, 0.05) is 11.1 Å². The van der Waals surface area contributed by atoms with Crippen molar-refractivity contribution >= 4 is 15.9 Å². The summed E-state index contributed by atoms with van der Waals surface area (Å²) in [6, 6.07) is 10.8. The average Bonchev–Trinajstić information content (AvgIpc) is 2.47. The van der Waals surface area contributed by atoms with Crippen LogP contribution in [0.4, 0.5) is 8.78 Å². The Kier molecular flexibility index (Phi) is 3.84. The first kappa shape index (κ1) is 14.7. The summed E-state index contributed by atoms with van der Waals surface area (Å²) in [6.45, 7) is 0. The van der Waals surface area contributed by atoms with Crippen molar-refractivity contribution in [3.63, 3.8) is 0 Å². The Bertz CT molecular complexity index is 686. The average molecular weight is 352 g/mol. The van der Waals surface area contributed by atoms with E-state index >= 15 is 0 Å². The number of aryl methyl sites for hydroxylation is 1. The third kappa shape index (κ3) is 2.87. The standard InChI is InChI=1S/C17H16BrF2N/c18-14-5-6-15(19)13(16(14)20)10-17(21)8-7-11-3-1-2-4-12(11)9-17/h1-6H,7-10,21H2. The topological polar surface area (TPSA) is 26.0 Å². The van der Waals surface area contributed by atoms with E-state index in [-0.39, 0.29) is 16.5 Å². The fourth-order valence-electron chi connectivity index (χ4n) is 3.06. The molecule has 1 unspecified atom stereocenters. The van der Waals surface area contributed by atoms with Crippen LogP contribution in [0.5, 0.6) is 0 Å². The highest BCUT2D eigenvalue weighted by Crippen LogP contribution is 2.32. The van der Waals surface area contributed by atoms with Gasteiger partial charge >= 0.3 is 0 Å². The van der Waals surface area contributed by atoms with E-state index in [1.807, 2.05) is 18.2 Å². The molecule has 0 fully saturated rings. The van der Waals surface area contributed by atoms with Crippen molar-refractivity contribution < 1.29 is 8.78 Å². The minimum Gasteiger partial charge on any atom is -0.324 e. The van der Waals surface area contributed by atoms with Gasteiger partial charge in [-0.2, -0.15) is 0 Å². The molecule has 3 rings (SSSR count). The Morgan fingerprint density at radius 3 is 2.57 bits per heavy atom. The first-order valence-corrected chi connectivity index (χ1v) is 7.76. The van der Waals surface area contributed by atoms with Gasteiger partial charge in [0.05, 0.1) is 4.47 Å². The highest BCUT2D eigenvalue weighted by molar-refractivity contribution is 9.10. The Morgan fingerprint density at radius 1 is 1.10 bits per heavy atom. The molecule has 1 aliphatic carbocycles. The Hall–Kier alpha value is -1.26. The summed E-state index contributed by atoms with van der Waals surface area (Å²) < 4.78 is 28.4. The second-order valence-electron chi connectivity index (χ2n) is 5.81. The molecule has 2 N–H and O–H groups in total. The summed E-state index contributed by atoms with van der Waals surface area (Å²) in [5, 5.41) is 0. The van der Waals surface area contributed by atoms with Gasteiger partial charge in [-0.05, 0) is 64.9 Å². The molecule has 0 bridgehead atoms. The van der Waals surface area contributed by atoms with Gasteiger partial charge in [0.15, 0.2) is 0 Å². The quantitative estimate of drug-likeness (QED) is 0.808. The second-order valence-corrected chi connectivity index (χ2v) is 6.66. The predicted octanol–water partition coefficient (Wildman–Crippen LogP) is 4.16. The number of nitrogens with two attached hydrogens (primary N) is 1. The van der Waals surface area contributed by atoms with E-state index in [9.17, 15) is 8.78 Å². The molecule has 0 aromatic heterocycles. The smallest absolute Gasteiger partial charge is 0.143 e. The molecule has 0 saturated carbocycles. The van der Waals surface area contributed by atoms with Gasteiger partial charge in [-0.25, -0.2) is 8.78 Å². The molecule has 0 heterocycles. The molecule has 0 radical (unpaired) electrons.